The first-order valence-electron chi connectivity index (χ1n) is 7.09. The zero-order valence-corrected chi connectivity index (χ0v) is 14.2. The maximum atomic E-state index is 12.0. The van der Waals surface area contributed by atoms with Crippen LogP contribution in [0.5, 0.6) is 11.5 Å². The number of halogens is 1. The van der Waals surface area contributed by atoms with Crippen molar-refractivity contribution in [2.24, 2.45) is 0 Å². The molecule has 0 saturated carbocycles. The average Bonchev–Trinajstić information content (AvgIpc) is 2.51. The molecule has 1 heterocycles. The third-order valence-corrected chi connectivity index (χ3v) is 4.08. The van der Waals surface area contributed by atoms with E-state index in [1.54, 1.807) is 11.9 Å². The second-order valence-electron chi connectivity index (χ2n) is 5.06. The summed E-state index contributed by atoms with van der Waals surface area (Å²) in [5, 5.41) is 3.24. The summed E-state index contributed by atoms with van der Waals surface area (Å²) in [7, 11) is 1.81. The van der Waals surface area contributed by atoms with E-state index in [2.05, 4.69) is 21.2 Å². The SMILES string of the molecule is CCN(C)C(=O)C(C)NCc1cc(Br)c2c(c1)OCCO2. The first-order chi connectivity index (χ1) is 10.0. The Hall–Kier alpha value is -1.27. The van der Waals surface area contributed by atoms with Crippen LogP contribution in [0.1, 0.15) is 19.4 Å². The van der Waals surface area contributed by atoms with Gasteiger partial charge in [0.05, 0.1) is 10.5 Å². The van der Waals surface area contributed by atoms with Crippen LogP contribution in [-0.2, 0) is 11.3 Å². The zero-order valence-electron chi connectivity index (χ0n) is 12.6. The fourth-order valence-electron chi connectivity index (χ4n) is 2.11. The van der Waals surface area contributed by atoms with E-state index in [4.69, 9.17) is 9.47 Å². The van der Waals surface area contributed by atoms with Crippen LogP contribution < -0.4 is 14.8 Å². The molecule has 0 spiro atoms. The number of likely N-dealkylation sites (N-methyl/N-ethyl adjacent to an activating group) is 1. The van der Waals surface area contributed by atoms with Gasteiger partial charge in [0.1, 0.15) is 13.2 Å². The number of benzene rings is 1. The van der Waals surface area contributed by atoms with Gasteiger partial charge in [-0.3, -0.25) is 4.79 Å². The summed E-state index contributed by atoms with van der Waals surface area (Å²) in [4.78, 5) is 13.7. The van der Waals surface area contributed by atoms with Crippen molar-refractivity contribution in [2.75, 3.05) is 26.8 Å². The monoisotopic (exact) mass is 356 g/mol. The van der Waals surface area contributed by atoms with Crippen molar-refractivity contribution in [1.29, 1.82) is 0 Å². The number of carbonyl (C=O) groups is 1. The lowest BCUT2D eigenvalue weighted by atomic mass is 10.1. The van der Waals surface area contributed by atoms with E-state index in [9.17, 15) is 4.79 Å². The standard InChI is InChI=1S/C15H21BrN2O3/c1-4-18(3)15(19)10(2)17-9-11-7-12(16)14-13(8-11)20-5-6-21-14/h7-8,10,17H,4-6,9H2,1-3H3. The molecule has 1 aliphatic heterocycles. The molecule has 116 valence electrons. The van der Waals surface area contributed by atoms with Crippen molar-refractivity contribution in [2.45, 2.75) is 26.4 Å². The largest absolute Gasteiger partial charge is 0.486 e. The van der Waals surface area contributed by atoms with Gasteiger partial charge < -0.3 is 19.7 Å². The highest BCUT2D eigenvalue weighted by Crippen LogP contribution is 2.38. The molecule has 1 N–H and O–H groups in total. The smallest absolute Gasteiger partial charge is 0.239 e. The lowest BCUT2D eigenvalue weighted by Gasteiger charge is -2.22. The maximum Gasteiger partial charge on any atom is 0.239 e. The molecule has 0 aromatic heterocycles. The minimum atomic E-state index is -0.220. The molecule has 6 heteroatoms. The molecule has 21 heavy (non-hydrogen) atoms. The van der Waals surface area contributed by atoms with Crippen molar-refractivity contribution in [3.63, 3.8) is 0 Å². The van der Waals surface area contributed by atoms with Crippen LogP contribution in [0.25, 0.3) is 0 Å². The zero-order chi connectivity index (χ0) is 15.4. The van der Waals surface area contributed by atoms with Gasteiger partial charge in [0.25, 0.3) is 0 Å². The molecule has 1 amide bonds. The predicted octanol–water partition coefficient (Wildman–Crippen LogP) is 2.18. The van der Waals surface area contributed by atoms with Gasteiger partial charge in [-0.05, 0) is 47.5 Å². The minimum Gasteiger partial charge on any atom is -0.486 e. The highest BCUT2D eigenvalue weighted by molar-refractivity contribution is 9.10. The molecular weight excluding hydrogens is 336 g/mol. The van der Waals surface area contributed by atoms with Crippen LogP contribution in [0.15, 0.2) is 16.6 Å². The maximum absolute atomic E-state index is 12.0. The number of hydrogen-bond acceptors (Lipinski definition) is 4. The van der Waals surface area contributed by atoms with Crippen LogP contribution in [0.4, 0.5) is 0 Å². The van der Waals surface area contributed by atoms with Crippen molar-refractivity contribution < 1.29 is 14.3 Å². The molecule has 1 unspecified atom stereocenters. The van der Waals surface area contributed by atoms with Gasteiger partial charge in [-0.15, -0.1) is 0 Å². The summed E-state index contributed by atoms with van der Waals surface area (Å²) >= 11 is 3.50. The Morgan fingerprint density at radius 2 is 2.14 bits per heavy atom. The summed E-state index contributed by atoms with van der Waals surface area (Å²) in [6.45, 7) is 6.27. The first-order valence-corrected chi connectivity index (χ1v) is 7.88. The van der Waals surface area contributed by atoms with Crippen LogP contribution in [0.3, 0.4) is 0 Å². The van der Waals surface area contributed by atoms with Gasteiger partial charge in [0, 0.05) is 20.1 Å². The third kappa shape index (κ3) is 3.89. The van der Waals surface area contributed by atoms with E-state index < -0.39 is 0 Å². The predicted molar refractivity (Wildman–Crippen MR) is 84.7 cm³/mol. The number of nitrogens with zero attached hydrogens (tertiary/aromatic N) is 1. The Balaban J connectivity index is 2.00. The normalized spacial score (nSPS) is 14.7. The molecule has 2 rings (SSSR count). The Labute approximate surface area is 133 Å². The number of amides is 1. The lowest BCUT2D eigenvalue weighted by Crippen LogP contribution is -2.42. The molecule has 0 aliphatic carbocycles. The number of nitrogens with one attached hydrogen (secondary N) is 1. The van der Waals surface area contributed by atoms with Crippen molar-refractivity contribution in [1.82, 2.24) is 10.2 Å². The quantitative estimate of drug-likeness (QED) is 0.878. The Morgan fingerprint density at radius 3 is 2.86 bits per heavy atom. The highest BCUT2D eigenvalue weighted by Gasteiger charge is 2.18. The topological polar surface area (TPSA) is 50.8 Å². The van der Waals surface area contributed by atoms with Crippen molar-refractivity contribution in [3.8, 4) is 11.5 Å². The van der Waals surface area contributed by atoms with Gasteiger partial charge in [0.2, 0.25) is 5.91 Å². The summed E-state index contributed by atoms with van der Waals surface area (Å²) in [5.74, 6) is 1.59. The number of hydrogen-bond donors (Lipinski definition) is 1. The number of carbonyl (C=O) groups excluding carboxylic acids is 1. The van der Waals surface area contributed by atoms with Gasteiger partial charge in [0.15, 0.2) is 11.5 Å². The Kier molecular flexibility index (Phi) is 5.47. The van der Waals surface area contributed by atoms with E-state index in [1.165, 1.54) is 0 Å². The Morgan fingerprint density at radius 1 is 1.43 bits per heavy atom. The lowest BCUT2D eigenvalue weighted by molar-refractivity contribution is -0.131. The first kappa shape index (κ1) is 16.1. The summed E-state index contributed by atoms with van der Waals surface area (Å²) in [5.41, 5.74) is 1.05. The fourth-order valence-corrected chi connectivity index (χ4v) is 2.71. The van der Waals surface area contributed by atoms with Crippen LogP contribution in [-0.4, -0.2) is 43.7 Å². The number of ether oxygens (including phenoxy) is 2. The van der Waals surface area contributed by atoms with E-state index in [1.807, 2.05) is 26.0 Å². The summed E-state index contributed by atoms with van der Waals surface area (Å²) in [6, 6.07) is 3.72. The van der Waals surface area contributed by atoms with Crippen LogP contribution in [0, 0.1) is 0 Å². The highest BCUT2D eigenvalue weighted by atomic mass is 79.9. The van der Waals surface area contributed by atoms with Crippen molar-refractivity contribution >= 4 is 21.8 Å². The van der Waals surface area contributed by atoms with Crippen molar-refractivity contribution in [3.05, 3.63) is 22.2 Å². The molecule has 0 radical (unpaired) electrons. The number of rotatable bonds is 5. The van der Waals surface area contributed by atoms with Crippen LogP contribution in [0.2, 0.25) is 0 Å². The molecule has 1 aromatic rings. The third-order valence-electron chi connectivity index (χ3n) is 3.49. The molecule has 0 saturated heterocycles. The van der Waals surface area contributed by atoms with Gasteiger partial charge in [-0.25, -0.2) is 0 Å². The van der Waals surface area contributed by atoms with E-state index >= 15 is 0 Å². The molecule has 0 fully saturated rings. The van der Waals surface area contributed by atoms with E-state index in [-0.39, 0.29) is 11.9 Å². The summed E-state index contributed by atoms with van der Waals surface area (Å²) in [6.07, 6.45) is 0. The van der Waals surface area contributed by atoms with Gasteiger partial charge in [-0.2, -0.15) is 0 Å². The second kappa shape index (κ2) is 7.13. The average molecular weight is 357 g/mol. The summed E-state index contributed by atoms with van der Waals surface area (Å²) < 4.78 is 12.0. The van der Waals surface area contributed by atoms with Crippen LogP contribution >= 0.6 is 15.9 Å². The van der Waals surface area contributed by atoms with E-state index in [0.29, 0.717) is 26.3 Å². The molecule has 1 aromatic carbocycles. The molecule has 1 atom stereocenters. The molecule has 0 bridgehead atoms. The molecule has 1 aliphatic rings. The van der Waals surface area contributed by atoms with Gasteiger partial charge >= 0.3 is 0 Å². The van der Waals surface area contributed by atoms with E-state index in [0.717, 1.165) is 21.5 Å². The minimum absolute atomic E-state index is 0.0918. The molecular formula is C15H21BrN2O3. The fraction of sp³-hybridized carbons (Fsp3) is 0.533. The number of fused-ring (bicyclic) bond motifs is 1. The van der Waals surface area contributed by atoms with Gasteiger partial charge in [-0.1, -0.05) is 0 Å². The Bertz CT molecular complexity index is 522. The second-order valence-corrected chi connectivity index (χ2v) is 5.91. The molecule has 5 nitrogen and oxygen atoms in total.